The van der Waals surface area contributed by atoms with Crippen LogP contribution in [-0.4, -0.2) is 80.1 Å². The van der Waals surface area contributed by atoms with Gasteiger partial charge in [0.05, 0.1) is 32.3 Å². The Kier molecular flexibility index (Phi) is 7.46. The first-order chi connectivity index (χ1) is 14.1. The molecule has 0 aromatic heterocycles. The van der Waals surface area contributed by atoms with Crippen LogP contribution in [0.2, 0.25) is 0 Å². The van der Waals surface area contributed by atoms with E-state index in [-0.39, 0.29) is 30.2 Å². The molecule has 3 rings (SSSR count). The number of benzene rings is 1. The average molecular weight is 403 g/mol. The lowest BCUT2D eigenvalue weighted by Gasteiger charge is -2.31. The zero-order chi connectivity index (χ0) is 20.6. The van der Waals surface area contributed by atoms with Crippen LogP contribution in [0.1, 0.15) is 30.1 Å². The Labute approximate surface area is 171 Å². The fourth-order valence-corrected chi connectivity index (χ4v) is 3.59. The Morgan fingerprint density at radius 1 is 1.03 bits per heavy atom. The third-order valence-electron chi connectivity index (χ3n) is 5.34. The third-order valence-corrected chi connectivity index (χ3v) is 5.34. The molecule has 0 saturated carbocycles. The molecule has 29 heavy (non-hydrogen) atoms. The fraction of sp³-hybridized carbons (Fsp3) is 0.571. The van der Waals surface area contributed by atoms with Crippen molar-refractivity contribution in [1.82, 2.24) is 9.80 Å². The molecule has 2 aliphatic heterocycles. The second-order valence-electron chi connectivity index (χ2n) is 7.24. The molecule has 0 radical (unpaired) electrons. The fourth-order valence-electron chi connectivity index (χ4n) is 3.59. The van der Waals surface area contributed by atoms with Crippen LogP contribution in [0.15, 0.2) is 24.3 Å². The molecular formula is C21H29N3O5. The van der Waals surface area contributed by atoms with Crippen LogP contribution in [0.5, 0.6) is 0 Å². The largest absolute Gasteiger partial charge is 0.466 e. The molecule has 1 aromatic carbocycles. The number of esters is 1. The average Bonchev–Trinajstić information content (AvgIpc) is 2.78. The first-order valence-corrected chi connectivity index (χ1v) is 10.2. The molecule has 2 amide bonds. The summed E-state index contributed by atoms with van der Waals surface area (Å²) in [5.41, 5.74) is 1.42. The Morgan fingerprint density at radius 2 is 1.69 bits per heavy atom. The number of piperidine rings is 1. The maximum absolute atomic E-state index is 12.5. The van der Waals surface area contributed by atoms with Crippen LogP contribution in [0.4, 0.5) is 5.69 Å². The van der Waals surface area contributed by atoms with Crippen molar-refractivity contribution in [3.8, 4) is 0 Å². The van der Waals surface area contributed by atoms with Gasteiger partial charge in [-0.3, -0.25) is 14.4 Å². The molecule has 0 bridgehead atoms. The number of anilines is 1. The van der Waals surface area contributed by atoms with Crippen molar-refractivity contribution in [2.75, 3.05) is 57.9 Å². The second kappa shape index (κ2) is 10.2. The molecule has 0 atom stereocenters. The molecule has 0 spiro atoms. The number of hydrogen-bond donors (Lipinski definition) is 1. The lowest BCUT2D eigenvalue weighted by atomic mass is 9.97. The van der Waals surface area contributed by atoms with E-state index in [1.807, 2.05) is 12.1 Å². The zero-order valence-corrected chi connectivity index (χ0v) is 16.9. The number of ether oxygens (including phenoxy) is 2. The van der Waals surface area contributed by atoms with Crippen LogP contribution in [-0.2, 0) is 19.1 Å². The molecule has 8 nitrogen and oxygen atoms in total. The smallest absolute Gasteiger partial charge is 0.309 e. The Balaban J connectivity index is 1.43. The van der Waals surface area contributed by atoms with Gasteiger partial charge in [-0.15, -0.1) is 0 Å². The number of carbonyl (C=O) groups excluding carboxylic acids is 3. The summed E-state index contributed by atoms with van der Waals surface area (Å²) in [5.74, 6) is -0.269. The van der Waals surface area contributed by atoms with Crippen molar-refractivity contribution >= 4 is 23.5 Å². The van der Waals surface area contributed by atoms with E-state index in [1.54, 1.807) is 28.9 Å². The van der Waals surface area contributed by atoms with Gasteiger partial charge < -0.3 is 24.6 Å². The maximum atomic E-state index is 12.5. The molecule has 1 N–H and O–H groups in total. The Bertz CT molecular complexity index is 708. The van der Waals surface area contributed by atoms with Crippen LogP contribution in [0.25, 0.3) is 0 Å². The van der Waals surface area contributed by atoms with Gasteiger partial charge in [-0.2, -0.15) is 0 Å². The number of amides is 2. The summed E-state index contributed by atoms with van der Waals surface area (Å²) in [7, 11) is 0. The van der Waals surface area contributed by atoms with E-state index in [0.717, 1.165) is 5.69 Å². The van der Waals surface area contributed by atoms with Crippen molar-refractivity contribution in [1.29, 1.82) is 0 Å². The topological polar surface area (TPSA) is 88.2 Å². The molecule has 2 heterocycles. The number of likely N-dealkylation sites (tertiary alicyclic amines) is 1. The van der Waals surface area contributed by atoms with Crippen molar-refractivity contribution in [2.45, 2.75) is 19.8 Å². The number of morpholine rings is 1. The molecule has 0 unspecified atom stereocenters. The second-order valence-corrected chi connectivity index (χ2v) is 7.24. The lowest BCUT2D eigenvalue weighted by Crippen LogP contribution is -2.43. The minimum Gasteiger partial charge on any atom is -0.466 e. The number of nitrogens with zero attached hydrogens (tertiary/aromatic N) is 2. The number of carbonyl (C=O) groups is 3. The van der Waals surface area contributed by atoms with Gasteiger partial charge in [-0.25, -0.2) is 0 Å². The Morgan fingerprint density at radius 3 is 2.31 bits per heavy atom. The van der Waals surface area contributed by atoms with Crippen LogP contribution in [0, 0.1) is 5.92 Å². The molecule has 1 aromatic rings. The molecule has 0 aliphatic carbocycles. The summed E-state index contributed by atoms with van der Waals surface area (Å²) in [5, 5.41) is 3.11. The highest BCUT2D eigenvalue weighted by atomic mass is 16.5. The van der Waals surface area contributed by atoms with Gasteiger partial charge >= 0.3 is 5.97 Å². The van der Waals surface area contributed by atoms with Gasteiger partial charge in [0, 0.05) is 37.4 Å². The van der Waals surface area contributed by atoms with Gasteiger partial charge in [0.25, 0.3) is 5.91 Å². The van der Waals surface area contributed by atoms with Gasteiger partial charge in [-0.1, -0.05) is 0 Å². The minimum absolute atomic E-state index is 0.000368. The summed E-state index contributed by atoms with van der Waals surface area (Å²) in [6.07, 6.45) is 1.28. The number of nitrogens with one attached hydrogen (secondary N) is 1. The van der Waals surface area contributed by atoms with Gasteiger partial charge in [0.15, 0.2) is 0 Å². The predicted molar refractivity (Wildman–Crippen MR) is 108 cm³/mol. The molecule has 2 saturated heterocycles. The van der Waals surface area contributed by atoms with E-state index in [1.165, 1.54) is 0 Å². The molecule has 2 fully saturated rings. The van der Waals surface area contributed by atoms with Crippen molar-refractivity contribution in [3.05, 3.63) is 29.8 Å². The first-order valence-electron chi connectivity index (χ1n) is 10.2. The van der Waals surface area contributed by atoms with E-state index in [0.29, 0.717) is 64.4 Å². The van der Waals surface area contributed by atoms with Gasteiger partial charge in [-0.05, 0) is 44.0 Å². The third kappa shape index (κ3) is 5.69. The van der Waals surface area contributed by atoms with Crippen molar-refractivity contribution in [3.63, 3.8) is 0 Å². The summed E-state index contributed by atoms with van der Waals surface area (Å²) >= 11 is 0. The van der Waals surface area contributed by atoms with E-state index < -0.39 is 0 Å². The van der Waals surface area contributed by atoms with E-state index in [9.17, 15) is 14.4 Å². The molecule has 158 valence electrons. The normalized spacial score (nSPS) is 17.7. The highest BCUT2D eigenvalue weighted by molar-refractivity contribution is 5.94. The molecular weight excluding hydrogens is 374 g/mol. The highest BCUT2D eigenvalue weighted by Crippen LogP contribution is 2.19. The van der Waals surface area contributed by atoms with E-state index >= 15 is 0 Å². The molecule has 8 heteroatoms. The quantitative estimate of drug-likeness (QED) is 0.722. The van der Waals surface area contributed by atoms with Gasteiger partial charge in [0.1, 0.15) is 0 Å². The van der Waals surface area contributed by atoms with E-state index in [4.69, 9.17) is 9.47 Å². The highest BCUT2D eigenvalue weighted by Gasteiger charge is 2.28. The number of hydrogen-bond acceptors (Lipinski definition) is 6. The standard InChI is InChI=1S/C21H29N3O5/c1-2-29-21(27)17-7-9-23(10-8-17)19(25)15-22-18-5-3-16(4-6-18)20(26)24-11-13-28-14-12-24/h3-6,17,22H,2,7-15H2,1H3. The lowest BCUT2D eigenvalue weighted by molar-refractivity contribution is -0.151. The van der Waals surface area contributed by atoms with Crippen LogP contribution >= 0.6 is 0 Å². The minimum atomic E-state index is -0.163. The monoisotopic (exact) mass is 403 g/mol. The number of rotatable bonds is 6. The van der Waals surface area contributed by atoms with Crippen molar-refractivity contribution < 1.29 is 23.9 Å². The zero-order valence-electron chi connectivity index (χ0n) is 16.9. The molecule has 2 aliphatic rings. The SMILES string of the molecule is CCOC(=O)C1CCN(C(=O)CNc2ccc(C(=O)N3CCOCC3)cc2)CC1. The predicted octanol–water partition coefficient (Wildman–Crippen LogP) is 1.37. The first kappa shape index (κ1) is 21.1. The van der Waals surface area contributed by atoms with E-state index in [2.05, 4.69) is 5.32 Å². The summed E-state index contributed by atoms with van der Waals surface area (Å²) in [6, 6.07) is 7.17. The summed E-state index contributed by atoms with van der Waals surface area (Å²) in [6.45, 7) is 5.87. The van der Waals surface area contributed by atoms with Gasteiger partial charge in [0.2, 0.25) is 5.91 Å². The van der Waals surface area contributed by atoms with Crippen LogP contribution < -0.4 is 5.32 Å². The summed E-state index contributed by atoms with van der Waals surface area (Å²) < 4.78 is 10.3. The summed E-state index contributed by atoms with van der Waals surface area (Å²) in [4.78, 5) is 40.2. The Hall–Kier alpha value is -2.61. The van der Waals surface area contributed by atoms with Crippen LogP contribution in [0.3, 0.4) is 0 Å². The maximum Gasteiger partial charge on any atom is 0.309 e. The van der Waals surface area contributed by atoms with Crippen molar-refractivity contribution in [2.24, 2.45) is 5.92 Å².